The quantitative estimate of drug-likeness (QED) is 0.621. The van der Waals surface area contributed by atoms with Gasteiger partial charge in [0.1, 0.15) is 5.69 Å². The van der Waals surface area contributed by atoms with Gasteiger partial charge < -0.3 is 10.6 Å². The Bertz CT molecular complexity index is 917. The summed E-state index contributed by atoms with van der Waals surface area (Å²) in [5.74, 6) is 0.124. The van der Waals surface area contributed by atoms with Crippen LogP contribution in [-0.4, -0.2) is 10.9 Å². The summed E-state index contributed by atoms with van der Waals surface area (Å²) in [4.78, 5) is 16.9. The van der Waals surface area contributed by atoms with Crippen LogP contribution in [0.2, 0.25) is 0 Å². The van der Waals surface area contributed by atoms with Gasteiger partial charge in [0.25, 0.3) is 5.91 Å². The average Bonchev–Trinajstić information content (AvgIpc) is 2.68. The molecule has 3 aromatic rings. The van der Waals surface area contributed by atoms with E-state index < -0.39 is 0 Å². The summed E-state index contributed by atoms with van der Waals surface area (Å²) in [5, 5.41) is 6.34. The molecule has 0 fully saturated rings. The van der Waals surface area contributed by atoms with Gasteiger partial charge in [-0.25, -0.2) is 0 Å². The molecule has 0 spiro atoms. The molecular weight excluding hydrogens is 334 g/mol. The number of nitrogens with one attached hydrogen (secondary N) is 2. The van der Waals surface area contributed by atoms with E-state index in [0.717, 1.165) is 16.9 Å². The molecule has 4 nitrogen and oxygen atoms in total. The van der Waals surface area contributed by atoms with Crippen LogP contribution in [-0.2, 0) is 6.54 Å². The molecule has 2 aromatic carbocycles. The number of para-hydroxylation sites is 1. The second-order valence-electron chi connectivity index (χ2n) is 6.96. The van der Waals surface area contributed by atoms with Crippen molar-refractivity contribution in [2.24, 2.45) is 0 Å². The van der Waals surface area contributed by atoms with Crippen molar-refractivity contribution >= 4 is 17.3 Å². The first kappa shape index (κ1) is 18.6. The van der Waals surface area contributed by atoms with E-state index in [2.05, 4.69) is 60.7 Å². The molecule has 0 saturated carbocycles. The van der Waals surface area contributed by atoms with Crippen molar-refractivity contribution in [3.05, 3.63) is 89.2 Å². The standard InChI is InChI=1S/C23H25N3O/c1-16(2)20-6-4-5-7-21(20)26-23(27)22-14-19(12-13-24-22)25-15-18-10-8-17(3)9-11-18/h4-14,16H,15H2,1-3H3,(H,24,25)(H,26,27). The van der Waals surface area contributed by atoms with E-state index in [9.17, 15) is 4.79 Å². The van der Waals surface area contributed by atoms with Gasteiger partial charge in [-0.05, 0) is 42.2 Å². The van der Waals surface area contributed by atoms with Crippen LogP contribution in [0.15, 0.2) is 66.9 Å². The summed E-state index contributed by atoms with van der Waals surface area (Å²) in [6.07, 6.45) is 1.65. The Morgan fingerprint density at radius 2 is 1.78 bits per heavy atom. The molecule has 0 radical (unpaired) electrons. The molecule has 1 amide bonds. The zero-order chi connectivity index (χ0) is 19.2. The Balaban J connectivity index is 1.69. The van der Waals surface area contributed by atoms with Crippen LogP contribution >= 0.6 is 0 Å². The second-order valence-corrected chi connectivity index (χ2v) is 6.96. The van der Waals surface area contributed by atoms with Gasteiger partial charge >= 0.3 is 0 Å². The monoisotopic (exact) mass is 359 g/mol. The van der Waals surface area contributed by atoms with Crippen molar-refractivity contribution in [3.8, 4) is 0 Å². The second kappa shape index (κ2) is 8.49. The van der Waals surface area contributed by atoms with Crippen molar-refractivity contribution in [2.75, 3.05) is 10.6 Å². The first-order valence-electron chi connectivity index (χ1n) is 9.18. The summed E-state index contributed by atoms with van der Waals surface area (Å²) in [6.45, 7) is 6.99. The largest absolute Gasteiger partial charge is 0.381 e. The Hall–Kier alpha value is -3.14. The first-order chi connectivity index (χ1) is 13.0. The first-order valence-corrected chi connectivity index (χ1v) is 9.18. The molecule has 1 heterocycles. The highest BCUT2D eigenvalue weighted by Crippen LogP contribution is 2.24. The Labute approximate surface area is 160 Å². The highest BCUT2D eigenvalue weighted by Gasteiger charge is 2.12. The van der Waals surface area contributed by atoms with E-state index in [0.29, 0.717) is 18.2 Å². The number of rotatable bonds is 6. The number of aromatic nitrogens is 1. The van der Waals surface area contributed by atoms with Crippen molar-refractivity contribution < 1.29 is 4.79 Å². The Morgan fingerprint density at radius 1 is 1.04 bits per heavy atom. The van der Waals surface area contributed by atoms with Gasteiger partial charge in [0.15, 0.2) is 0 Å². The SMILES string of the molecule is Cc1ccc(CNc2ccnc(C(=O)Nc3ccccc3C(C)C)c2)cc1. The van der Waals surface area contributed by atoms with Gasteiger partial charge in [-0.2, -0.15) is 0 Å². The lowest BCUT2D eigenvalue weighted by Crippen LogP contribution is -2.15. The minimum Gasteiger partial charge on any atom is -0.381 e. The third-order valence-electron chi connectivity index (χ3n) is 4.44. The number of nitrogens with zero attached hydrogens (tertiary/aromatic N) is 1. The van der Waals surface area contributed by atoms with Crippen LogP contribution in [0.4, 0.5) is 11.4 Å². The molecule has 0 aliphatic carbocycles. The number of carbonyl (C=O) groups is 1. The minimum atomic E-state index is -0.206. The van der Waals surface area contributed by atoms with Gasteiger partial charge in [-0.1, -0.05) is 61.9 Å². The van der Waals surface area contributed by atoms with E-state index in [1.54, 1.807) is 12.3 Å². The zero-order valence-corrected chi connectivity index (χ0v) is 16.0. The fourth-order valence-electron chi connectivity index (χ4n) is 2.88. The number of hydrogen-bond donors (Lipinski definition) is 2. The highest BCUT2D eigenvalue weighted by atomic mass is 16.1. The van der Waals surface area contributed by atoms with E-state index in [-0.39, 0.29) is 5.91 Å². The maximum Gasteiger partial charge on any atom is 0.274 e. The van der Waals surface area contributed by atoms with Gasteiger partial charge in [0.05, 0.1) is 0 Å². The van der Waals surface area contributed by atoms with E-state index in [1.165, 1.54) is 11.1 Å². The van der Waals surface area contributed by atoms with Crippen LogP contribution in [0, 0.1) is 6.92 Å². The average molecular weight is 359 g/mol. The number of benzene rings is 2. The van der Waals surface area contributed by atoms with Crippen LogP contribution < -0.4 is 10.6 Å². The molecule has 0 atom stereocenters. The topological polar surface area (TPSA) is 54.0 Å². The van der Waals surface area contributed by atoms with Crippen LogP contribution in [0.1, 0.15) is 46.9 Å². The molecule has 0 aliphatic heterocycles. The van der Waals surface area contributed by atoms with Gasteiger partial charge in [0.2, 0.25) is 0 Å². The Kier molecular flexibility index (Phi) is 5.87. The maximum atomic E-state index is 12.7. The number of anilines is 2. The smallest absolute Gasteiger partial charge is 0.274 e. The maximum absolute atomic E-state index is 12.7. The number of carbonyl (C=O) groups excluding carboxylic acids is 1. The summed E-state index contributed by atoms with van der Waals surface area (Å²) >= 11 is 0. The molecule has 3 rings (SSSR count). The molecule has 0 saturated heterocycles. The normalized spacial score (nSPS) is 10.7. The number of pyridine rings is 1. The van der Waals surface area contributed by atoms with Crippen molar-refractivity contribution in [1.29, 1.82) is 0 Å². The third kappa shape index (κ3) is 4.94. The third-order valence-corrected chi connectivity index (χ3v) is 4.44. The van der Waals surface area contributed by atoms with E-state index in [4.69, 9.17) is 0 Å². The fraction of sp³-hybridized carbons (Fsp3) is 0.217. The van der Waals surface area contributed by atoms with Gasteiger partial charge in [-0.15, -0.1) is 0 Å². The summed E-state index contributed by atoms with van der Waals surface area (Å²) in [6, 6.07) is 19.9. The minimum absolute atomic E-state index is 0.206. The lowest BCUT2D eigenvalue weighted by molar-refractivity contribution is 0.102. The molecule has 138 valence electrons. The molecule has 0 bridgehead atoms. The number of aryl methyl sites for hydroxylation is 1. The Morgan fingerprint density at radius 3 is 2.52 bits per heavy atom. The lowest BCUT2D eigenvalue weighted by Gasteiger charge is -2.14. The fourth-order valence-corrected chi connectivity index (χ4v) is 2.88. The molecule has 0 unspecified atom stereocenters. The predicted octanol–water partition coefficient (Wildman–Crippen LogP) is 5.38. The van der Waals surface area contributed by atoms with Crippen molar-refractivity contribution in [3.63, 3.8) is 0 Å². The molecule has 1 aromatic heterocycles. The van der Waals surface area contributed by atoms with Crippen LogP contribution in [0.25, 0.3) is 0 Å². The molecule has 27 heavy (non-hydrogen) atoms. The van der Waals surface area contributed by atoms with E-state index in [1.807, 2.05) is 30.3 Å². The van der Waals surface area contributed by atoms with Crippen LogP contribution in [0.3, 0.4) is 0 Å². The van der Waals surface area contributed by atoms with E-state index >= 15 is 0 Å². The van der Waals surface area contributed by atoms with Gasteiger partial charge in [0, 0.05) is 24.1 Å². The van der Waals surface area contributed by atoms with Crippen LogP contribution in [0.5, 0.6) is 0 Å². The summed E-state index contributed by atoms with van der Waals surface area (Å²) in [7, 11) is 0. The number of hydrogen-bond acceptors (Lipinski definition) is 3. The molecular formula is C23H25N3O. The lowest BCUT2D eigenvalue weighted by atomic mass is 10.0. The molecule has 0 aliphatic rings. The van der Waals surface area contributed by atoms with Crippen molar-refractivity contribution in [1.82, 2.24) is 4.98 Å². The molecule has 4 heteroatoms. The zero-order valence-electron chi connectivity index (χ0n) is 16.0. The predicted molar refractivity (Wildman–Crippen MR) is 111 cm³/mol. The molecule has 2 N–H and O–H groups in total. The number of amides is 1. The summed E-state index contributed by atoms with van der Waals surface area (Å²) in [5.41, 5.74) is 5.63. The highest BCUT2D eigenvalue weighted by molar-refractivity contribution is 6.03. The van der Waals surface area contributed by atoms with Crippen molar-refractivity contribution in [2.45, 2.75) is 33.2 Å². The summed E-state index contributed by atoms with van der Waals surface area (Å²) < 4.78 is 0. The van der Waals surface area contributed by atoms with Gasteiger partial charge in [-0.3, -0.25) is 9.78 Å².